The zero-order valence-corrected chi connectivity index (χ0v) is 21.1. The van der Waals surface area contributed by atoms with Crippen molar-refractivity contribution in [1.82, 2.24) is 10.6 Å². The van der Waals surface area contributed by atoms with E-state index in [1.807, 2.05) is 37.3 Å². The first-order valence-corrected chi connectivity index (χ1v) is 12.1. The fraction of sp³-hybridized carbons (Fsp3) is 0.667. The SMILES string of the molecule is CCNC(=NCC(CC)(CC)CCO)NCCCS(=O)(=O)Cc1ccccc1.I. The maximum atomic E-state index is 12.3. The number of nitrogens with one attached hydrogen (secondary N) is 2. The van der Waals surface area contributed by atoms with Gasteiger partial charge in [0.2, 0.25) is 0 Å². The lowest BCUT2D eigenvalue weighted by Crippen LogP contribution is -2.39. The molecule has 0 atom stereocenters. The van der Waals surface area contributed by atoms with E-state index in [-0.39, 0.29) is 47.5 Å². The van der Waals surface area contributed by atoms with Crippen molar-refractivity contribution in [3.63, 3.8) is 0 Å². The minimum atomic E-state index is -3.12. The van der Waals surface area contributed by atoms with Crippen LogP contribution in [0, 0.1) is 5.41 Å². The normalized spacial score (nSPS) is 12.3. The molecule has 0 aliphatic rings. The van der Waals surface area contributed by atoms with Crippen molar-refractivity contribution in [2.75, 3.05) is 32.0 Å². The highest BCUT2D eigenvalue weighted by molar-refractivity contribution is 14.0. The summed E-state index contributed by atoms with van der Waals surface area (Å²) in [6, 6.07) is 9.27. The van der Waals surface area contributed by atoms with Crippen molar-refractivity contribution in [3.05, 3.63) is 35.9 Å². The molecule has 1 rings (SSSR count). The van der Waals surface area contributed by atoms with Gasteiger partial charge in [0, 0.05) is 26.2 Å². The molecule has 6 nitrogen and oxygen atoms in total. The minimum absolute atomic E-state index is 0. The minimum Gasteiger partial charge on any atom is -0.396 e. The summed E-state index contributed by atoms with van der Waals surface area (Å²) in [5.41, 5.74) is 0.834. The second-order valence-corrected chi connectivity index (χ2v) is 9.42. The van der Waals surface area contributed by atoms with Crippen LogP contribution in [0.2, 0.25) is 0 Å². The number of sulfone groups is 1. The lowest BCUT2D eigenvalue weighted by Gasteiger charge is -2.29. The smallest absolute Gasteiger partial charge is 0.191 e. The Kier molecular flexibility index (Phi) is 14.6. The molecular weight excluding hydrogens is 501 g/mol. The fourth-order valence-electron chi connectivity index (χ4n) is 3.13. The summed E-state index contributed by atoms with van der Waals surface area (Å²) < 4.78 is 24.6. The van der Waals surface area contributed by atoms with Gasteiger partial charge in [0.25, 0.3) is 0 Å². The highest BCUT2D eigenvalue weighted by atomic mass is 127. The van der Waals surface area contributed by atoms with E-state index in [4.69, 9.17) is 0 Å². The molecule has 0 radical (unpaired) electrons. The first kappa shape index (κ1) is 28.1. The molecule has 3 N–H and O–H groups in total. The van der Waals surface area contributed by atoms with E-state index in [1.54, 1.807) is 0 Å². The van der Waals surface area contributed by atoms with Crippen molar-refractivity contribution in [2.45, 2.75) is 52.2 Å². The highest BCUT2D eigenvalue weighted by Crippen LogP contribution is 2.30. The first-order valence-electron chi connectivity index (χ1n) is 10.3. The van der Waals surface area contributed by atoms with Crippen molar-refractivity contribution in [2.24, 2.45) is 10.4 Å². The van der Waals surface area contributed by atoms with Gasteiger partial charge in [0.05, 0.1) is 11.5 Å². The van der Waals surface area contributed by atoms with Crippen LogP contribution >= 0.6 is 24.0 Å². The molecule has 0 bridgehead atoms. The molecule has 8 heteroatoms. The Labute approximate surface area is 193 Å². The summed E-state index contributed by atoms with van der Waals surface area (Å²) in [6.45, 7) is 8.36. The fourth-order valence-corrected chi connectivity index (χ4v) is 4.56. The van der Waals surface area contributed by atoms with E-state index in [9.17, 15) is 13.5 Å². The molecule has 0 saturated carbocycles. The highest BCUT2D eigenvalue weighted by Gasteiger charge is 2.25. The Balaban J connectivity index is 0.00000784. The molecule has 0 unspecified atom stereocenters. The maximum absolute atomic E-state index is 12.3. The molecule has 0 aliphatic heterocycles. The van der Waals surface area contributed by atoms with E-state index >= 15 is 0 Å². The summed E-state index contributed by atoms with van der Waals surface area (Å²) in [5.74, 6) is 0.929. The molecular formula is C21H38IN3O3S. The van der Waals surface area contributed by atoms with Crippen LogP contribution in [-0.4, -0.2) is 51.5 Å². The molecule has 1 aromatic rings. The Morgan fingerprint density at radius 1 is 1.10 bits per heavy atom. The Bertz CT molecular complexity index is 678. The summed E-state index contributed by atoms with van der Waals surface area (Å²) >= 11 is 0. The molecule has 0 spiro atoms. The van der Waals surface area contributed by atoms with Gasteiger partial charge in [-0.2, -0.15) is 0 Å². The van der Waals surface area contributed by atoms with E-state index in [1.165, 1.54) is 0 Å². The van der Waals surface area contributed by atoms with Crippen molar-refractivity contribution < 1.29 is 13.5 Å². The maximum Gasteiger partial charge on any atom is 0.191 e. The van der Waals surface area contributed by atoms with Crippen LogP contribution in [-0.2, 0) is 15.6 Å². The number of aliphatic hydroxyl groups is 1. The summed E-state index contributed by atoms with van der Waals surface area (Å²) in [4.78, 5) is 4.68. The lowest BCUT2D eigenvalue weighted by molar-refractivity contribution is 0.175. The van der Waals surface area contributed by atoms with Gasteiger partial charge in [-0.1, -0.05) is 44.2 Å². The monoisotopic (exact) mass is 539 g/mol. The molecule has 0 amide bonds. The predicted molar refractivity (Wildman–Crippen MR) is 133 cm³/mol. The first-order chi connectivity index (χ1) is 13.4. The van der Waals surface area contributed by atoms with Gasteiger partial charge in [-0.15, -0.1) is 24.0 Å². The van der Waals surface area contributed by atoms with E-state index in [0.29, 0.717) is 25.5 Å². The topological polar surface area (TPSA) is 90.8 Å². The molecule has 1 aromatic carbocycles. The van der Waals surface area contributed by atoms with Crippen LogP contribution in [0.4, 0.5) is 0 Å². The van der Waals surface area contributed by atoms with Gasteiger partial charge in [0.15, 0.2) is 15.8 Å². The number of halogens is 1. The number of aliphatic imine (C=N–C) groups is 1. The van der Waals surface area contributed by atoms with Crippen molar-refractivity contribution in [3.8, 4) is 0 Å². The number of hydrogen-bond acceptors (Lipinski definition) is 4. The third-order valence-corrected chi connectivity index (χ3v) is 6.90. The molecule has 168 valence electrons. The number of aliphatic hydroxyl groups excluding tert-OH is 1. The Morgan fingerprint density at radius 2 is 1.76 bits per heavy atom. The predicted octanol–water partition coefficient (Wildman–Crippen LogP) is 3.35. The van der Waals surface area contributed by atoms with Crippen LogP contribution in [0.5, 0.6) is 0 Å². The quantitative estimate of drug-likeness (QED) is 0.155. The van der Waals surface area contributed by atoms with E-state index in [0.717, 1.165) is 31.4 Å². The molecule has 0 saturated heterocycles. The van der Waals surface area contributed by atoms with Crippen LogP contribution < -0.4 is 10.6 Å². The van der Waals surface area contributed by atoms with Crippen LogP contribution in [0.15, 0.2) is 35.3 Å². The summed E-state index contributed by atoms with van der Waals surface area (Å²) in [5, 5.41) is 15.8. The van der Waals surface area contributed by atoms with Gasteiger partial charge in [-0.05, 0) is 43.6 Å². The van der Waals surface area contributed by atoms with Gasteiger partial charge in [-0.3, -0.25) is 4.99 Å². The zero-order chi connectivity index (χ0) is 20.9. The van der Waals surface area contributed by atoms with Gasteiger partial charge >= 0.3 is 0 Å². The zero-order valence-electron chi connectivity index (χ0n) is 18.0. The Morgan fingerprint density at radius 3 is 2.31 bits per heavy atom. The number of hydrogen-bond donors (Lipinski definition) is 3. The number of nitrogens with zero attached hydrogens (tertiary/aromatic N) is 1. The van der Waals surface area contributed by atoms with Gasteiger partial charge in [-0.25, -0.2) is 8.42 Å². The Hall–Kier alpha value is -0.870. The third-order valence-electron chi connectivity index (χ3n) is 5.21. The number of rotatable bonds is 13. The molecule has 0 aliphatic carbocycles. The molecule has 0 fully saturated rings. The standard InChI is InChI=1S/C21H37N3O3S.HI/c1-4-21(5-2,13-15-25)18-24-20(22-6-3)23-14-10-16-28(26,27)17-19-11-8-7-9-12-19;/h7-9,11-12,25H,4-6,10,13-18H2,1-3H3,(H2,22,23,24);1H. The van der Waals surface area contributed by atoms with Crippen LogP contribution in [0.1, 0.15) is 52.0 Å². The van der Waals surface area contributed by atoms with Gasteiger partial charge < -0.3 is 15.7 Å². The van der Waals surface area contributed by atoms with Crippen molar-refractivity contribution in [1.29, 1.82) is 0 Å². The van der Waals surface area contributed by atoms with Crippen LogP contribution in [0.25, 0.3) is 0 Å². The summed E-state index contributed by atoms with van der Waals surface area (Å²) in [7, 11) is -3.12. The molecule has 0 heterocycles. The van der Waals surface area contributed by atoms with E-state index < -0.39 is 9.84 Å². The van der Waals surface area contributed by atoms with Crippen molar-refractivity contribution >= 4 is 39.8 Å². The molecule has 29 heavy (non-hydrogen) atoms. The lowest BCUT2D eigenvalue weighted by atomic mass is 9.79. The largest absolute Gasteiger partial charge is 0.396 e. The second kappa shape index (κ2) is 15.0. The van der Waals surface area contributed by atoms with E-state index in [2.05, 4.69) is 29.5 Å². The average Bonchev–Trinajstić information content (AvgIpc) is 2.68. The third kappa shape index (κ3) is 11.2. The second-order valence-electron chi connectivity index (χ2n) is 7.23. The van der Waals surface area contributed by atoms with Crippen LogP contribution in [0.3, 0.4) is 0 Å². The average molecular weight is 540 g/mol. The molecule has 0 aromatic heterocycles. The summed E-state index contributed by atoms with van der Waals surface area (Å²) in [6.07, 6.45) is 3.19. The number of benzene rings is 1. The van der Waals surface area contributed by atoms with Gasteiger partial charge in [0.1, 0.15) is 0 Å². The number of guanidine groups is 1.